The second-order valence-corrected chi connectivity index (χ2v) is 6.54. The first-order valence-electron chi connectivity index (χ1n) is 6.91. The predicted molar refractivity (Wildman–Crippen MR) is 92.5 cm³/mol. The van der Waals surface area contributed by atoms with Gasteiger partial charge in [-0.3, -0.25) is 5.10 Å². The lowest BCUT2D eigenvalue weighted by Gasteiger charge is -2.06. The summed E-state index contributed by atoms with van der Waals surface area (Å²) in [6.45, 7) is 2.04. The molecule has 0 atom stereocenters. The second-order valence-electron chi connectivity index (χ2n) is 4.62. The van der Waals surface area contributed by atoms with Gasteiger partial charge in [0.25, 0.3) is 0 Å². The summed E-state index contributed by atoms with van der Waals surface area (Å²) in [7, 11) is 1.54. The van der Waals surface area contributed by atoms with E-state index in [2.05, 4.69) is 31.1 Å². The van der Waals surface area contributed by atoms with Crippen LogP contribution in [-0.2, 0) is 11.2 Å². The normalized spacial score (nSPS) is 11.5. The minimum atomic E-state index is -1.04. The molecule has 0 amide bonds. The van der Waals surface area contributed by atoms with E-state index in [0.717, 1.165) is 34.9 Å². The molecule has 1 heterocycles. The molecule has 0 aliphatic heterocycles. The Morgan fingerprint density at radius 2 is 2.30 bits per heavy atom. The number of methoxy groups -OCH3 is 1. The standard InChI is InChI=1S/C15H16BrN3O3S/c1-3-4-13-17-15(19-18-13)23-12(14(20)21)8-9-7-10(16)5-6-11(9)22-2/h5-8H,3-4H2,1-2H3,(H,20,21)(H,17,18,19)/b12-8-. The maximum atomic E-state index is 11.5. The highest BCUT2D eigenvalue weighted by Gasteiger charge is 2.15. The number of thioether (sulfide) groups is 1. The summed E-state index contributed by atoms with van der Waals surface area (Å²) in [5.41, 5.74) is 0.663. The summed E-state index contributed by atoms with van der Waals surface area (Å²) in [6.07, 6.45) is 3.27. The van der Waals surface area contributed by atoms with E-state index in [1.54, 1.807) is 25.3 Å². The Hall–Kier alpha value is -1.80. The van der Waals surface area contributed by atoms with Gasteiger partial charge < -0.3 is 9.84 Å². The largest absolute Gasteiger partial charge is 0.496 e. The van der Waals surface area contributed by atoms with Crippen molar-refractivity contribution < 1.29 is 14.6 Å². The number of aromatic nitrogens is 3. The van der Waals surface area contributed by atoms with E-state index in [0.29, 0.717) is 16.5 Å². The monoisotopic (exact) mass is 397 g/mol. The molecule has 0 aliphatic carbocycles. The number of aryl methyl sites for hydroxylation is 1. The van der Waals surface area contributed by atoms with Crippen LogP contribution in [0.2, 0.25) is 0 Å². The Kier molecular flexibility index (Phi) is 6.23. The quantitative estimate of drug-likeness (QED) is 0.546. The first-order chi connectivity index (χ1) is 11.0. The maximum absolute atomic E-state index is 11.5. The van der Waals surface area contributed by atoms with Crippen LogP contribution in [0.4, 0.5) is 0 Å². The molecule has 0 saturated heterocycles. The number of carboxylic acids is 1. The van der Waals surface area contributed by atoms with E-state index < -0.39 is 5.97 Å². The van der Waals surface area contributed by atoms with E-state index in [-0.39, 0.29) is 4.91 Å². The van der Waals surface area contributed by atoms with Crippen LogP contribution >= 0.6 is 27.7 Å². The Morgan fingerprint density at radius 3 is 2.96 bits per heavy atom. The van der Waals surface area contributed by atoms with Crippen molar-refractivity contribution in [1.29, 1.82) is 0 Å². The number of carbonyl (C=O) groups is 1. The summed E-state index contributed by atoms with van der Waals surface area (Å²) < 4.78 is 6.10. The molecule has 1 aromatic carbocycles. The molecular formula is C15H16BrN3O3S. The second kappa shape index (κ2) is 8.16. The van der Waals surface area contributed by atoms with Crippen LogP contribution in [0, 0.1) is 0 Å². The summed E-state index contributed by atoms with van der Waals surface area (Å²) in [6, 6.07) is 5.39. The van der Waals surface area contributed by atoms with Gasteiger partial charge in [-0.2, -0.15) is 0 Å². The van der Waals surface area contributed by atoms with Crippen LogP contribution in [-0.4, -0.2) is 33.4 Å². The molecule has 2 N–H and O–H groups in total. The van der Waals surface area contributed by atoms with Gasteiger partial charge in [0, 0.05) is 16.5 Å². The number of nitrogens with zero attached hydrogens (tertiary/aromatic N) is 2. The molecule has 6 nitrogen and oxygen atoms in total. The van der Waals surface area contributed by atoms with Crippen molar-refractivity contribution in [3.8, 4) is 5.75 Å². The summed E-state index contributed by atoms with van der Waals surface area (Å²) >= 11 is 4.37. The molecule has 0 saturated carbocycles. The van der Waals surface area contributed by atoms with Crippen molar-refractivity contribution in [1.82, 2.24) is 15.2 Å². The lowest BCUT2D eigenvalue weighted by Crippen LogP contribution is -1.98. The third kappa shape index (κ3) is 4.84. The van der Waals surface area contributed by atoms with E-state index in [1.807, 2.05) is 13.0 Å². The number of aliphatic carboxylic acids is 1. The van der Waals surface area contributed by atoms with Gasteiger partial charge in [0.2, 0.25) is 5.16 Å². The van der Waals surface area contributed by atoms with Crippen LogP contribution < -0.4 is 4.74 Å². The smallest absolute Gasteiger partial charge is 0.342 e. The minimum absolute atomic E-state index is 0.114. The lowest BCUT2D eigenvalue weighted by atomic mass is 10.2. The van der Waals surface area contributed by atoms with Crippen molar-refractivity contribution in [2.45, 2.75) is 24.9 Å². The highest BCUT2D eigenvalue weighted by molar-refractivity contribution is 9.10. The van der Waals surface area contributed by atoms with Crippen molar-refractivity contribution in [3.05, 3.63) is 39.0 Å². The molecule has 0 fully saturated rings. The van der Waals surface area contributed by atoms with E-state index in [4.69, 9.17) is 4.74 Å². The van der Waals surface area contributed by atoms with Crippen molar-refractivity contribution in [2.75, 3.05) is 7.11 Å². The molecule has 2 aromatic rings. The Labute approximate surface area is 146 Å². The van der Waals surface area contributed by atoms with E-state index in [1.165, 1.54) is 0 Å². The van der Waals surface area contributed by atoms with Gasteiger partial charge in [-0.25, -0.2) is 9.78 Å². The predicted octanol–water partition coefficient (Wildman–Crippen LogP) is 3.75. The number of aromatic amines is 1. The van der Waals surface area contributed by atoms with Crippen molar-refractivity contribution in [3.63, 3.8) is 0 Å². The fraction of sp³-hybridized carbons (Fsp3) is 0.267. The number of rotatable bonds is 7. The lowest BCUT2D eigenvalue weighted by molar-refractivity contribution is -0.131. The van der Waals surface area contributed by atoms with Gasteiger partial charge in [-0.05, 0) is 42.5 Å². The number of H-pyrrole nitrogens is 1. The van der Waals surface area contributed by atoms with Gasteiger partial charge in [0.05, 0.1) is 7.11 Å². The molecule has 2 rings (SSSR count). The molecule has 122 valence electrons. The van der Waals surface area contributed by atoms with Gasteiger partial charge in [-0.1, -0.05) is 22.9 Å². The van der Waals surface area contributed by atoms with Crippen molar-refractivity contribution >= 4 is 39.7 Å². The molecule has 8 heteroatoms. The molecule has 23 heavy (non-hydrogen) atoms. The fourth-order valence-electron chi connectivity index (χ4n) is 1.86. The number of halogens is 1. The van der Waals surface area contributed by atoms with Gasteiger partial charge in [-0.15, -0.1) is 5.10 Å². The average Bonchev–Trinajstić information content (AvgIpc) is 2.94. The number of ether oxygens (including phenoxy) is 1. The first-order valence-corrected chi connectivity index (χ1v) is 8.52. The maximum Gasteiger partial charge on any atom is 0.342 e. The van der Waals surface area contributed by atoms with E-state index in [9.17, 15) is 9.90 Å². The third-order valence-corrected chi connectivity index (χ3v) is 4.26. The minimum Gasteiger partial charge on any atom is -0.496 e. The first kappa shape index (κ1) is 17.6. The zero-order valence-electron chi connectivity index (χ0n) is 12.7. The zero-order valence-corrected chi connectivity index (χ0v) is 15.1. The number of nitrogens with one attached hydrogen (secondary N) is 1. The SMILES string of the molecule is CCCc1nc(S/C(=C\c2cc(Br)ccc2OC)C(=O)O)n[nH]1. The Balaban J connectivity index is 2.30. The van der Waals surface area contributed by atoms with Crippen LogP contribution in [0.1, 0.15) is 24.7 Å². The molecule has 0 spiro atoms. The fourth-order valence-corrected chi connectivity index (χ4v) is 2.96. The number of benzene rings is 1. The van der Waals surface area contributed by atoms with Crippen molar-refractivity contribution in [2.24, 2.45) is 0 Å². The third-order valence-electron chi connectivity index (χ3n) is 2.89. The van der Waals surface area contributed by atoms with Gasteiger partial charge in [0.15, 0.2) is 0 Å². The van der Waals surface area contributed by atoms with Gasteiger partial charge in [0.1, 0.15) is 16.5 Å². The number of carboxylic acid groups (broad SMARTS) is 1. The van der Waals surface area contributed by atoms with E-state index >= 15 is 0 Å². The number of hydrogen-bond acceptors (Lipinski definition) is 5. The summed E-state index contributed by atoms with van der Waals surface area (Å²) in [5, 5.41) is 16.7. The Morgan fingerprint density at radius 1 is 1.52 bits per heavy atom. The highest BCUT2D eigenvalue weighted by atomic mass is 79.9. The molecule has 0 aliphatic rings. The molecule has 0 unspecified atom stereocenters. The average molecular weight is 398 g/mol. The molecule has 0 bridgehead atoms. The molecule has 0 radical (unpaired) electrons. The van der Waals surface area contributed by atoms with Crippen LogP contribution in [0.15, 0.2) is 32.7 Å². The highest BCUT2D eigenvalue weighted by Crippen LogP contribution is 2.30. The van der Waals surface area contributed by atoms with Crippen LogP contribution in [0.25, 0.3) is 6.08 Å². The summed E-state index contributed by atoms with van der Waals surface area (Å²) in [5.74, 6) is 0.299. The number of hydrogen-bond donors (Lipinski definition) is 2. The van der Waals surface area contributed by atoms with Gasteiger partial charge >= 0.3 is 5.97 Å². The topological polar surface area (TPSA) is 88.1 Å². The summed E-state index contributed by atoms with van der Waals surface area (Å²) in [4.78, 5) is 15.9. The zero-order chi connectivity index (χ0) is 16.8. The Bertz CT molecular complexity index is 731. The van der Waals surface area contributed by atoms with Crippen LogP contribution in [0.3, 0.4) is 0 Å². The van der Waals surface area contributed by atoms with Crippen LogP contribution in [0.5, 0.6) is 5.75 Å². The molecular weight excluding hydrogens is 382 g/mol. The molecule has 1 aromatic heterocycles.